The van der Waals surface area contributed by atoms with Gasteiger partial charge in [-0.2, -0.15) is 0 Å². The Bertz CT molecular complexity index is 1230. The molecule has 3 aromatic rings. The monoisotopic (exact) mass is 445 g/mol. The predicted molar refractivity (Wildman–Crippen MR) is 114 cm³/mol. The van der Waals surface area contributed by atoms with E-state index in [9.17, 15) is 23.3 Å². The van der Waals surface area contributed by atoms with Gasteiger partial charge in [-0.05, 0) is 61.0 Å². The second kappa shape index (κ2) is 8.52. The zero-order valence-electron chi connectivity index (χ0n) is 15.6. The van der Waals surface area contributed by atoms with Crippen LogP contribution < -0.4 is 10.0 Å². The zero-order valence-corrected chi connectivity index (χ0v) is 17.2. The van der Waals surface area contributed by atoms with Crippen LogP contribution in [0.15, 0.2) is 71.6 Å². The van der Waals surface area contributed by atoms with E-state index in [2.05, 4.69) is 10.0 Å². The van der Waals surface area contributed by atoms with Crippen molar-refractivity contribution in [2.75, 3.05) is 10.0 Å². The molecule has 0 heterocycles. The summed E-state index contributed by atoms with van der Waals surface area (Å²) in [5.74, 6) is -0.361. The predicted octanol–water partition coefficient (Wildman–Crippen LogP) is 4.61. The summed E-state index contributed by atoms with van der Waals surface area (Å²) in [7, 11) is -3.98. The molecule has 0 fully saturated rings. The Morgan fingerprint density at radius 2 is 1.73 bits per heavy atom. The summed E-state index contributed by atoms with van der Waals surface area (Å²) >= 11 is 5.82. The summed E-state index contributed by atoms with van der Waals surface area (Å²) in [4.78, 5) is 22.6. The van der Waals surface area contributed by atoms with Crippen LogP contribution in [-0.2, 0) is 10.0 Å². The van der Waals surface area contributed by atoms with Crippen LogP contribution in [0, 0.1) is 17.0 Å². The number of nitro groups is 1. The molecular formula is C20H16ClN3O5S. The van der Waals surface area contributed by atoms with E-state index in [1.165, 1.54) is 36.4 Å². The first-order valence-corrected chi connectivity index (χ1v) is 10.5. The minimum Gasteiger partial charge on any atom is -0.322 e. The molecule has 0 bridgehead atoms. The summed E-state index contributed by atoms with van der Waals surface area (Å²) < 4.78 is 27.6. The lowest BCUT2D eigenvalue weighted by atomic mass is 10.1. The molecule has 30 heavy (non-hydrogen) atoms. The van der Waals surface area contributed by atoms with E-state index in [1.54, 1.807) is 31.2 Å². The number of halogens is 1. The number of nitrogens with zero attached hydrogens (tertiary/aromatic N) is 1. The molecule has 1 amide bonds. The second-order valence-electron chi connectivity index (χ2n) is 6.35. The number of rotatable bonds is 6. The quantitative estimate of drug-likeness (QED) is 0.424. The molecule has 0 radical (unpaired) electrons. The standard InChI is InChI=1S/C20H16ClN3O5S/c1-13-11-18(30(28,29)23-16-3-2-4-17(12-16)24(26)27)9-10-19(13)22-20(25)14-5-7-15(21)8-6-14/h2-12,23H,1H3,(H,22,25). The maximum atomic E-state index is 12.6. The number of hydrogen-bond donors (Lipinski definition) is 2. The average Bonchev–Trinajstić information content (AvgIpc) is 2.69. The van der Waals surface area contributed by atoms with Gasteiger partial charge in [-0.25, -0.2) is 8.42 Å². The highest BCUT2D eigenvalue weighted by molar-refractivity contribution is 7.92. The van der Waals surface area contributed by atoms with Gasteiger partial charge in [0.25, 0.3) is 21.6 Å². The highest BCUT2D eigenvalue weighted by Crippen LogP contribution is 2.24. The molecule has 0 aromatic heterocycles. The molecule has 0 unspecified atom stereocenters. The molecule has 0 spiro atoms. The molecule has 0 aliphatic rings. The lowest BCUT2D eigenvalue weighted by Gasteiger charge is -2.12. The lowest BCUT2D eigenvalue weighted by Crippen LogP contribution is -2.15. The molecule has 0 atom stereocenters. The van der Waals surface area contributed by atoms with Gasteiger partial charge in [-0.15, -0.1) is 0 Å². The van der Waals surface area contributed by atoms with Crippen molar-refractivity contribution in [3.8, 4) is 0 Å². The molecule has 0 aliphatic heterocycles. The lowest BCUT2D eigenvalue weighted by molar-refractivity contribution is -0.384. The molecule has 2 N–H and O–H groups in total. The third-order valence-corrected chi connectivity index (χ3v) is 5.80. The first-order chi connectivity index (χ1) is 14.2. The molecule has 3 aromatic carbocycles. The van der Waals surface area contributed by atoms with E-state index in [0.29, 0.717) is 21.8 Å². The average molecular weight is 446 g/mol. The largest absolute Gasteiger partial charge is 0.322 e. The molecular weight excluding hydrogens is 430 g/mol. The number of aryl methyl sites for hydroxylation is 1. The number of nitrogens with one attached hydrogen (secondary N) is 2. The van der Waals surface area contributed by atoms with Crippen molar-refractivity contribution in [2.24, 2.45) is 0 Å². The van der Waals surface area contributed by atoms with Gasteiger partial charge in [-0.1, -0.05) is 17.7 Å². The van der Waals surface area contributed by atoms with E-state index in [-0.39, 0.29) is 22.2 Å². The first kappa shape index (κ1) is 21.3. The number of sulfonamides is 1. The number of carbonyl (C=O) groups is 1. The van der Waals surface area contributed by atoms with Crippen LogP contribution in [0.5, 0.6) is 0 Å². The summed E-state index contributed by atoms with van der Waals surface area (Å²) in [5, 5.41) is 14.1. The topological polar surface area (TPSA) is 118 Å². The fourth-order valence-electron chi connectivity index (χ4n) is 2.64. The van der Waals surface area contributed by atoms with Gasteiger partial charge in [0.2, 0.25) is 0 Å². The van der Waals surface area contributed by atoms with E-state index in [4.69, 9.17) is 11.6 Å². The highest BCUT2D eigenvalue weighted by Gasteiger charge is 2.17. The van der Waals surface area contributed by atoms with E-state index >= 15 is 0 Å². The van der Waals surface area contributed by atoms with E-state index in [0.717, 1.165) is 6.07 Å². The van der Waals surface area contributed by atoms with Gasteiger partial charge in [0.05, 0.1) is 15.5 Å². The van der Waals surface area contributed by atoms with Crippen molar-refractivity contribution in [1.82, 2.24) is 0 Å². The van der Waals surface area contributed by atoms with Crippen LogP contribution in [0.25, 0.3) is 0 Å². The Kier molecular flexibility index (Phi) is 6.04. The normalized spacial score (nSPS) is 11.0. The number of benzene rings is 3. The Labute approximate surface area is 177 Å². The fourth-order valence-corrected chi connectivity index (χ4v) is 3.90. The van der Waals surface area contributed by atoms with Gasteiger partial charge in [0.1, 0.15) is 0 Å². The number of nitro benzene ring substituents is 1. The number of amides is 1. The van der Waals surface area contributed by atoms with E-state index in [1.807, 2.05) is 0 Å². The maximum absolute atomic E-state index is 12.6. The number of carbonyl (C=O) groups excluding carboxylic acids is 1. The van der Waals surface area contributed by atoms with Crippen molar-refractivity contribution in [3.63, 3.8) is 0 Å². The van der Waals surface area contributed by atoms with Crippen molar-refractivity contribution in [1.29, 1.82) is 0 Å². The second-order valence-corrected chi connectivity index (χ2v) is 8.47. The summed E-state index contributed by atoms with van der Waals surface area (Å²) in [5.41, 5.74) is 1.22. The Hall–Kier alpha value is -3.43. The van der Waals surface area contributed by atoms with Crippen molar-refractivity contribution in [2.45, 2.75) is 11.8 Å². The van der Waals surface area contributed by atoms with Crippen molar-refractivity contribution in [3.05, 3.63) is 93.0 Å². The Morgan fingerprint density at radius 1 is 1.03 bits per heavy atom. The van der Waals surface area contributed by atoms with Crippen LogP contribution in [0.2, 0.25) is 5.02 Å². The number of non-ortho nitro benzene ring substituents is 1. The van der Waals surface area contributed by atoms with Crippen LogP contribution in [0.3, 0.4) is 0 Å². The molecule has 8 nitrogen and oxygen atoms in total. The van der Waals surface area contributed by atoms with Crippen molar-refractivity contribution >= 4 is 44.6 Å². The summed E-state index contributed by atoms with van der Waals surface area (Å²) in [6, 6.07) is 15.8. The first-order valence-electron chi connectivity index (χ1n) is 8.60. The van der Waals surface area contributed by atoms with Crippen LogP contribution in [-0.4, -0.2) is 19.2 Å². The summed E-state index contributed by atoms with van der Waals surface area (Å²) in [6.45, 7) is 1.66. The zero-order chi connectivity index (χ0) is 21.9. The molecule has 10 heteroatoms. The molecule has 0 saturated heterocycles. The SMILES string of the molecule is Cc1cc(S(=O)(=O)Nc2cccc([N+](=O)[O-])c2)ccc1NC(=O)c1ccc(Cl)cc1. The Morgan fingerprint density at radius 3 is 2.37 bits per heavy atom. The maximum Gasteiger partial charge on any atom is 0.271 e. The van der Waals surface area contributed by atoms with Gasteiger partial charge < -0.3 is 5.32 Å². The number of anilines is 2. The fraction of sp³-hybridized carbons (Fsp3) is 0.0500. The Balaban J connectivity index is 1.79. The van der Waals surface area contributed by atoms with E-state index < -0.39 is 14.9 Å². The van der Waals surface area contributed by atoms with Gasteiger partial charge >= 0.3 is 0 Å². The minimum atomic E-state index is -3.98. The van der Waals surface area contributed by atoms with Crippen molar-refractivity contribution < 1.29 is 18.1 Å². The molecule has 0 saturated carbocycles. The van der Waals surface area contributed by atoms with Crippen LogP contribution in [0.4, 0.5) is 17.1 Å². The third kappa shape index (κ3) is 4.94. The third-order valence-electron chi connectivity index (χ3n) is 4.17. The van der Waals surface area contributed by atoms with Crippen LogP contribution in [0.1, 0.15) is 15.9 Å². The summed E-state index contributed by atoms with van der Waals surface area (Å²) in [6.07, 6.45) is 0. The molecule has 3 rings (SSSR count). The van der Waals surface area contributed by atoms with Gasteiger partial charge in [0, 0.05) is 28.4 Å². The highest BCUT2D eigenvalue weighted by atomic mass is 35.5. The number of hydrogen-bond acceptors (Lipinski definition) is 5. The molecule has 0 aliphatic carbocycles. The smallest absolute Gasteiger partial charge is 0.271 e. The minimum absolute atomic E-state index is 0.0454. The van der Waals surface area contributed by atoms with Gasteiger partial charge in [-0.3, -0.25) is 19.6 Å². The molecule has 154 valence electrons. The van der Waals surface area contributed by atoms with Crippen LogP contribution >= 0.6 is 11.6 Å². The van der Waals surface area contributed by atoms with Gasteiger partial charge in [0.15, 0.2) is 0 Å².